The molecular formula is C19H20N2O3. The van der Waals surface area contributed by atoms with Gasteiger partial charge in [-0.25, -0.2) is 9.78 Å². The number of nitrogens with zero attached hydrogens (tertiary/aromatic N) is 2. The molecular weight excluding hydrogens is 304 g/mol. The second kappa shape index (κ2) is 7.25. The quantitative estimate of drug-likeness (QED) is 0.939. The monoisotopic (exact) mass is 324 g/mol. The van der Waals surface area contributed by atoms with Crippen molar-refractivity contribution in [2.75, 3.05) is 13.1 Å². The lowest BCUT2D eigenvalue weighted by atomic mass is 9.91. The van der Waals surface area contributed by atoms with Crippen LogP contribution in [-0.4, -0.2) is 40.0 Å². The van der Waals surface area contributed by atoms with Crippen LogP contribution in [0.15, 0.2) is 48.7 Å². The number of pyridine rings is 1. The van der Waals surface area contributed by atoms with Crippen LogP contribution in [0.1, 0.15) is 39.3 Å². The van der Waals surface area contributed by atoms with Gasteiger partial charge in [0.05, 0.1) is 5.56 Å². The lowest BCUT2D eigenvalue weighted by Gasteiger charge is -2.33. The molecule has 0 aliphatic carbocycles. The average Bonchev–Trinajstić information content (AvgIpc) is 2.62. The van der Waals surface area contributed by atoms with Crippen LogP contribution in [0.5, 0.6) is 0 Å². The minimum absolute atomic E-state index is 0.0489. The maximum Gasteiger partial charge on any atom is 0.354 e. The van der Waals surface area contributed by atoms with Gasteiger partial charge in [-0.3, -0.25) is 4.79 Å². The van der Waals surface area contributed by atoms with Crippen molar-refractivity contribution < 1.29 is 14.7 Å². The molecule has 1 N–H and O–H groups in total. The van der Waals surface area contributed by atoms with Gasteiger partial charge in [-0.1, -0.05) is 30.3 Å². The maximum atomic E-state index is 12.6. The number of carboxylic acid groups (broad SMARTS) is 1. The van der Waals surface area contributed by atoms with Crippen molar-refractivity contribution in [1.29, 1.82) is 0 Å². The van der Waals surface area contributed by atoms with E-state index in [1.165, 1.54) is 17.8 Å². The van der Waals surface area contributed by atoms with E-state index in [1.807, 2.05) is 23.1 Å². The minimum Gasteiger partial charge on any atom is -0.477 e. The molecule has 1 aromatic carbocycles. The van der Waals surface area contributed by atoms with Gasteiger partial charge in [0.1, 0.15) is 5.69 Å². The average molecular weight is 324 g/mol. The third-order valence-corrected chi connectivity index (χ3v) is 4.40. The highest BCUT2D eigenvalue weighted by molar-refractivity contribution is 5.95. The Hall–Kier alpha value is -2.69. The molecule has 24 heavy (non-hydrogen) atoms. The van der Waals surface area contributed by atoms with E-state index in [9.17, 15) is 9.59 Å². The third kappa shape index (κ3) is 3.79. The number of likely N-dealkylation sites (tertiary alicyclic amines) is 1. The fourth-order valence-electron chi connectivity index (χ4n) is 3.19. The molecule has 0 bridgehead atoms. The third-order valence-electron chi connectivity index (χ3n) is 4.40. The van der Waals surface area contributed by atoms with Crippen molar-refractivity contribution in [3.63, 3.8) is 0 Å². The van der Waals surface area contributed by atoms with Crippen molar-refractivity contribution in [1.82, 2.24) is 9.88 Å². The zero-order chi connectivity index (χ0) is 16.9. The molecule has 2 aromatic rings. The van der Waals surface area contributed by atoms with Gasteiger partial charge < -0.3 is 10.0 Å². The van der Waals surface area contributed by atoms with E-state index in [4.69, 9.17) is 5.11 Å². The Morgan fingerprint density at radius 1 is 1.17 bits per heavy atom. The second-order valence-corrected chi connectivity index (χ2v) is 6.19. The zero-order valence-electron chi connectivity index (χ0n) is 13.4. The number of amides is 1. The Labute approximate surface area is 140 Å². The molecule has 1 aliphatic rings. The summed E-state index contributed by atoms with van der Waals surface area (Å²) in [7, 11) is 0. The predicted molar refractivity (Wildman–Crippen MR) is 90.0 cm³/mol. The molecule has 2 heterocycles. The summed E-state index contributed by atoms with van der Waals surface area (Å²) in [5, 5.41) is 8.88. The minimum atomic E-state index is -1.09. The van der Waals surface area contributed by atoms with E-state index in [0.717, 1.165) is 32.4 Å². The molecule has 124 valence electrons. The van der Waals surface area contributed by atoms with Crippen LogP contribution < -0.4 is 0 Å². The van der Waals surface area contributed by atoms with Gasteiger partial charge in [0, 0.05) is 19.3 Å². The van der Waals surface area contributed by atoms with E-state index in [2.05, 4.69) is 17.1 Å². The molecule has 0 spiro atoms. The lowest BCUT2D eigenvalue weighted by molar-refractivity contribution is 0.0664. The molecule has 1 aliphatic heterocycles. The summed E-state index contributed by atoms with van der Waals surface area (Å²) in [6.45, 7) is 1.47. The molecule has 1 saturated heterocycles. The number of hydrogen-bond donors (Lipinski definition) is 1. The molecule has 1 fully saturated rings. The fourth-order valence-corrected chi connectivity index (χ4v) is 3.19. The van der Waals surface area contributed by atoms with Crippen molar-refractivity contribution in [3.05, 3.63) is 65.5 Å². The normalized spacial score (nSPS) is 17.5. The van der Waals surface area contributed by atoms with E-state index in [1.54, 1.807) is 6.07 Å². The largest absolute Gasteiger partial charge is 0.477 e. The number of rotatable bonds is 4. The molecule has 1 aromatic heterocycles. The highest BCUT2D eigenvalue weighted by atomic mass is 16.4. The predicted octanol–water partition coefficient (Wildman–Crippen LogP) is 2.87. The first kappa shape index (κ1) is 16.2. The number of piperidine rings is 1. The molecule has 5 nitrogen and oxygen atoms in total. The van der Waals surface area contributed by atoms with Gasteiger partial charge in [0.2, 0.25) is 0 Å². The molecule has 1 unspecified atom stereocenters. The van der Waals surface area contributed by atoms with Crippen LogP contribution in [0.25, 0.3) is 0 Å². The summed E-state index contributed by atoms with van der Waals surface area (Å²) in [6, 6.07) is 13.2. The summed E-state index contributed by atoms with van der Waals surface area (Å²) >= 11 is 0. The Kier molecular flexibility index (Phi) is 4.89. The van der Waals surface area contributed by atoms with E-state index < -0.39 is 5.97 Å². The number of carbonyl (C=O) groups is 2. The molecule has 1 atom stereocenters. The standard InChI is InChI=1S/C19H20N2O3/c22-18(16-8-9-17(19(23)24)20-12-16)21-10-4-7-15(13-21)11-14-5-2-1-3-6-14/h1-3,5-6,8-9,12,15H,4,7,10-11,13H2,(H,23,24). The van der Waals surface area contributed by atoms with Gasteiger partial charge in [-0.05, 0) is 42.9 Å². The van der Waals surface area contributed by atoms with Gasteiger partial charge in [0.15, 0.2) is 0 Å². The number of carboxylic acids is 1. The SMILES string of the molecule is O=C(O)c1ccc(C(=O)N2CCCC(Cc3ccccc3)C2)cn1. The summed E-state index contributed by atoms with van der Waals surface area (Å²) in [5.41, 5.74) is 1.69. The van der Waals surface area contributed by atoms with Gasteiger partial charge >= 0.3 is 5.97 Å². The number of benzene rings is 1. The van der Waals surface area contributed by atoms with Crippen molar-refractivity contribution in [2.45, 2.75) is 19.3 Å². The van der Waals surface area contributed by atoms with Gasteiger partial charge in [-0.15, -0.1) is 0 Å². The summed E-state index contributed by atoms with van der Waals surface area (Å²) in [4.78, 5) is 29.1. The van der Waals surface area contributed by atoms with Crippen LogP contribution >= 0.6 is 0 Å². The Bertz CT molecular complexity index is 713. The van der Waals surface area contributed by atoms with E-state index >= 15 is 0 Å². The van der Waals surface area contributed by atoms with Crippen molar-refractivity contribution in [3.8, 4) is 0 Å². The smallest absolute Gasteiger partial charge is 0.354 e. The molecule has 0 radical (unpaired) electrons. The topological polar surface area (TPSA) is 70.5 Å². The fraction of sp³-hybridized carbons (Fsp3) is 0.316. The van der Waals surface area contributed by atoms with Crippen LogP contribution in [0.2, 0.25) is 0 Å². The Balaban J connectivity index is 1.65. The van der Waals surface area contributed by atoms with Crippen molar-refractivity contribution in [2.24, 2.45) is 5.92 Å². The first-order valence-electron chi connectivity index (χ1n) is 8.16. The molecule has 0 saturated carbocycles. The summed E-state index contributed by atoms with van der Waals surface area (Å²) in [5.74, 6) is -0.705. The van der Waals surface area contributed by atoms with Gasteiger partial charge in [0.25, 0.3) is 5.91 Å². The van der Waals surface area contributed by atoms with Crippen molar-refractivity contribution >= 4 is 11.9 Å². The maximum absolute atomic E-state index is 12.6. The number of aromatic nitrogens is 1. The highest BCUT2D eigenvalue weighted by Crippen LogP contribution is 2.22. The Morgan fingerprint density at radius 3 is 2.62 bits per heavy atom. The summed E-state index contributed by atoms with van der Waals surface area (Å²) < 4.78 is 0. The Morgan fingerprint density at radius 2 is 1.96 bits per heavy atom. The number of hydrogen-bond acceptors (Lipinski definition) is 3. The van der Waals surface area contributed by atoms with Crippen LogP contribution in [0.4, 0.5) is 0 Å². The van der Waals surface area contributed by atoms with Crippen LogP contribution in [-0.2, 0) is 6.42 Å². The highest BCUT2D eigenvalue weighted by Gasteiger charge is 2.25. The van der Waals surface area contributed by atoms with Crippen LogP contribution in [0, 0.1) is 5.92 Å². The van der Waals surface area contributed by atoms with E-state index in [0.29, 0.717) is 11.5 Å². The number of aromatic carboxylic acids is 1. The first-order valence-corrected chi connectivity index (χ1v) is 8.16. The first-order chi connectivity index (χ1) is 11.6. The van der Waals surface area contributed by atoms with Gasteiger partial charge in [-0.2, -0.15) is 0 Å². The van der Waals surface area contributed by atoms with E-state index in [-0.39, 0.29) is 11.6 Å². The molecule has 5 heteroatoms. The lowest BCUT2D eigenvalue weighted by Crippen LogP contribution is -2.40. The molecule has 1 amide bonds. The summed E-state index contributed by atoms with van der Waals surface area (Å²) in [6.07, 6.45) is 4.44. The zero-order valence-corrected chi connectivity index (χ0v) is 13.4. The molecule has 3 rings (SSSR count). The second-order valence-electron chi connectivity index (χ2n) is 6.19. The van der Waals surface area contributed by atoms with Crippen LogP contribution in [0.3, 0.4) is 0 Å². The number of carbonyl (C=O) groups excluding carboxylic acids is 1.